The molecule has 0 aliphatic rings. The summed E-state index contributed by atoms with van der Waals surface area (Å²) in [6, 6.07) is 9.07. The molecule has 0 bridgehead atoms. The van der Waals surface area contributed by atoms with E-state index in [1.807, 2.05) is 23.6 Å². The van der Waals surface area contributed by atoms with Crippen LogP contribution in [0.5, 0.6) is 0 Å². The Morgan fingerprint density at radius 3 is 1.96 bits per heavy atom. The molecule has 3 rings (SSSR count). The number of thiocarbonyl (C=S) groups is 1. The first kappa shape index (κ1) is 19.8. The second-order valence-electron chi connectivity index (χ2n) is 4.04. The van der Waals surface area contributed by atoms with Crippen LogP contribution in [0.15, 0.2) is 49.1 Å². The second kappa shape index (κ2) is 11.4. The van der Waals surface area contributed by atoms with Gasteiger partial charge in [-0.15, -0.1) is 10.2 Å². The fraction of sp³-hybridized carbons (Fsp3) is 0. The van der Waals surface area contributed by atoms with E-state index in [9.17, 15) is 0 Å². The number of hydrazine groups is 1. The van der Waals surface area contributed by atoms with E-state index in [1.165, 1.54) is 11.3 Å². The van der Waals surface area contributed by atoms with Crippen molar-refractivity contribution < 1.29 is 0 Å². The first-order valence-corrected chi connectivity index (χ1v) is 7.84. The van der Waals surface area contributed by atoms with Crippen LogP contribution in [0.4, 0.5) is 5.13 Å². The maximum atomic E-state index is 8.26. The Morgan fingerprint density at radius 1 is 1.08 bits per heavy atom. The molecule has 0 aromatic carbocycles. The van der Waals surface area contributed by atoms with Gasteiger partial charge in [0, 0.05) is 30.4 Å². The highest BCUT2D eigenvalue weighted by molar-refractivity contribution is 7.80. The highest BCUT2D eigenvalue weighted by Gasteiger charge is 2.02. The molecule has 3 aromatic rings. The molecule has 0 fully saturated rings. The van der Waals surface area contributed by atoms with E-state index in [1.54, 1.807) is 36.9 Å². The quantitative estimate of drug-likeness (QED) is 0.272. The highest BCUT2D eigenvalue weighted by Crippen LogP contribution is 2.23. The van der Waals surface area contributed by atoms with Gasteiger partial charge in [0.2, 0.25) is 5.13 Å². The fourth-order valence-electron chi connectivity index (χ4n) is 1.27. The summed E-state index contributed by atoms with van der Waals surface area (Å²) in [5.41, 5.74) is 13.9. The number of nitrogens with one attached hydrogen (secondary N) is 1. The molecule has 25 heavy (non-hydrogen) atoms. The fourth-order valence-corrected chi connectivity index (χ4v) is 1.89. The van der Waals surface area contributed by atoms with Crippen LogP contribution in [0.1, 0.15) is 5.56 Å². The Labute approximate surface area is 153 Å². The van der Waals surface area contributed by atoms with E-state index in [0.717, 1.165) is 10.6 Å². The molecule has 0 amide bonds. The number of nitrogen functional groups attached to an aromatic ring is 1. The third kappa shape index (κ3) is 8.28. The lowest BCUT2D eigenvalue weighted by Crippen LogP contribution is -2.34. The van der Waals surface area contributed by atoms with Crippen LogP contribution in [0.2, 0.25) is 0 Å². The summed E-state index contributed by atoms with van der Waals surface area (Å²) >= 11 is 5.61. The SMILES string of the molecule is N#Cc1ccncc1.NNC(N)=S.Nc1nnc(-c2ccncc2)s1. The Morgan fingerprint density at radius 2 is 1.60 bits per heavy atom. The molecular weight excluding hydrogens is 358 g/mol. The monoisotopic (exact) mass is 373 g/mol. The first-order chi connectivity index (χ1) is 12.1. The highest BCUT2D eigenvalue weighted by atomic mass is 32.1. The average Bonchev–Trinajstić information content (AvgIpc) is 3.10. The van der Waals surface area contributed by atoms with E-state index in [4.69, 9.17) is 16.7 Å². The molecule has 0 radical (unpaired) electrons. The van der Waals surface area contributed by atoms with Crippen LogP contribution in [0, 0.1) is 11.3 Å². The van der Waals surface area contributed by atoms with Crippen LogP contribution >= 0.6 is 23.6 Å². The van der Waals surface area contributed by atoms with E-state index in [-0.39, 0.29) is 5.11 Å². The third-order valence-corrected chi connectivity index (χ3v) is 3.24. The summed E-state index contributed by atoms with van der Waals surface area (Å²) in [5.74, 6) is 4.66. The standard InChI is InChI=1S/C7H6N4S.C6H4N2.CH5N3S/c8-7-11-10-6(12-7)5-1-3-9-4-2-5;7-5-6-1-3-8-4-2-6;2-1(5)4-3/h1-4H,(H2,8,11);1-4H;3H2,(H3,2,4,5). The van der Waals surface area contributed by atoms with Crippen molar-refractivity contribution in [1.82, 2.24) is 25.6 Å². The van der Waals surface area contributed by atoms with Crippen molar-refractivity contribution in [3.8, 4) is 16.6 Å². The van der Waals surface area contributed by atoms with E-state index < -0.39 is 0 Å². The number of anilines is 1. The Bertz CT molecular complexity index is 800. The lowest BCUT2D eigenvalue weighted by Gasteiger charge is -1.90. The molecule has 7 N–H and O–H groups in total. The van der Waals surface area contributed by atoms with Crippen LogP contribution in [0.3, 0.4) is 0 Å². The van der Waals surface area contributed by atoms with Gasteiger partial charge in [-0.2, -0.15) is 5.26 Å². The number of pyridine rings is 2. The maximum Gasteiger partial charge on any atom is 0.203 e. The van der Waals surface area contributed by atoms with Crippen molar-refractivity contribution in [2.24, 2.45) is 11.6 Å². The summed E-state index contributed by atoms with van der Waals surface area (Å²) < 4.78 is 0. The number of aromatic nitrogens is 4. The molecular formula is C14H15N9S2. The zero-order valence-corrected chi connectivity index (χ0v) is 14.5. The molecule has 0 spiro atoms. The van der Waals surface area contributed by atoms with E-state index in [0.29, 0.717) is 10.7 Å². The minimum Gasteiger partial charge on any atom is -0.375 e. The summed E-state index contributed by atoms with van der Waals surface area (Å²) in [6.07, 6.45) is 6.62. The van der Waals surface area contributed by atoms with Gasteiger partial charge in [-0.3, -0.25) is 9.97 Å². The molecule has 0 atom stereocenters. The molecule has 0 aliphatic carbocycles. The number of hydrogen-bond acceptors (Lipinski definition) is 9. The predicted octanol–water partition coefficient (Wildman–Crippen LogP) is 0.829. The van der Waals surface area contributed by atoms with Crippen molar-refractivity contribution >= 4 is 33.8 Å². The van der Waals surface area contributed by atoms with Gasteiger partial charge in [0.15, 0.2) is 5.11 Å². The van der Waals surface area contributed by atoms with Gasteiger partial charge in [-0.25, -0.2) is 5.84 Å². The molecule has 0 unspecified atom stereocenters. The topological polar surface area (TPSA) is 165 Å². The molecule has 11 heteroatoms. The van der Waals surface area contributed by atoms with Crippen LogP contribution in [-0.2, 0) is 0 Å². The molecule has 0 saturated heterocycles. The number of rotatable bonds is 1. The third-order valence-electron chi connectivity index (χ3n) is 2.32. The summed E-state index contributed by atoms with van der Waals surface area (Å²) in [5, 5.41) is 17.3. The van der Waals surface area contributed by atoms with Crippen molar-refractivity contribution in [3.63, 3.8) is 0 Å². The number of nitrogens with two attached hydrogens (primary N) is 3. The lowest BCUT2D eigenvalue weighted by atomic mass is 10.3. The van der Waals surface area contributed by atoms with Gasteiger partial charge in [-0.1, -0.05) is 11.3 Å². The zero-order valence-electron chi connectivity index (χ0n) is 12.9. The summed E-state index contributed by atoms with van der Waals surface area (Å²) in [6.45, 7) is 0. The minimum absolute atomic E-state index is 0.116. The second-order valence-corrected chi connectivity index (χ2v) is 5.49. The molecule has 0 aliphatic heterocycles. The maximum absolute atomic E-state index is 8.26. The first-order valence-electron chi connectivity index (χ1n) is 6.62. The summed E-state index contributed by atoms with van der Waals surface area (Å²) in [7, 11) is 0. The lowest BCUT2D eigenvalue weighted by molar-refractivity contribution is 1.03. The Balaban J connectivity index is 0.000000209. The predicted molar refractivity (Wildman–Crippen MR) is 101 cm³/mol. The zero-order chi connectivity index (χ0) is 18.5. The summed E-state index contributed by atoms with van der Waals surface area (Å²) in [4.78, 5) is 7.65. The molecule has 128 valence electrons. The van der Waals surface area contributed by atoms with Crippen molar-refractivity contribution in [1.29, 1.82) is 5.26 Å². The minimum atomic E-state index is 0.116. The van der Waals surface area contributed by atoms with E-state index >= 15 is 0 Å². The van der Waals surface area contributed by atoms with Crippen LogP contribution < -0.4 is 22.7 Å². The van der Waals surface area contributed by atoms with Gasteiger partial charge in [0.05, 0.1) is 11.6 Å². The van der Waals surface area contributed by atoms with Crippen molar-refractivity contribution in [3.05, 3.63) is 54.6 Å². The Hall–Kier alpha value is -3.20. The molecule has 9 nitrogen and oxygen atoms in total. The van der Waals surface area contributed by atoms with Crippen LogP contribution in [-0.4, -0.2) is 25.3 Å². The van der Waals surface area contributed by atoms with Gasteiger partial charge < -0.3 is 16.9 Å². The van der Waals surface area contributed by atoms with E-state index in [2.05, 4.69) is 38.2 Å². The smallest absolute Gasteiger partial charge is 0.203 e. The largest absolute Gasteiger partial charge is 0.375 e. The van der Waals surface area contributed by atoms with Gasteiger partial charge in [0.1, 0.15) is 5.01 Å². The molecule has 3 aromatic heterocycles. The average molecular weight is 373 g/mol. The number of hydrogen-bond donors (Lipinski definition) is 4. The van der Waals surface area contributed by atoms with Crippen molar-refractivity contribution in [2.45, 2.75) is 0 Å². The van der Waals surface area contributed by atoms with Crippen molar-refractivity contribution in [2.75, 3.05) is 5.73 Å². The Kier molecular flexibility index (Phi) is 9.01. The molecule has 0 saturated carbocycles. The van der Waals surface area contributed by atoms with Gasteiger partial charge >= 0.3 is 0 Å². The number of nitrogens with zero attached hydrogens (tertiary/aromatic N) is 5. The number of nitriles is 1. The van der Waals surface area contributed by atoms with Crippen LogP contribution in [0.25, 0.3) is 10.6 Å². The van der Waals surface area contributed by atoms with Gasteiger partial charge in [0.25, 0.3) is 0 Å². The molecule has 3 heterocycles. The normalized spacial score (nSPS) is 8.64. The van der Waals surface area contributed by atoms with Gasteiger partial charge in [-0.05, 0) is 36.5 Å².